The Hall–Kier alpha value is -5.18. The number of hydrogen-bond acceptors (Lipinski definition) is 8. The summed E-state index contributed by atoms with van der Waals surface area (Å²) in [6, 6.07) is 15.2. The summed E-state index contributed by atoms with van der Waals surface area (Å²) in [5.41, 5.74) is 5.39. The van der Waals surface area contributed by atoms with Gasteiger partial charge in [-0.2, -0.15) is 21.0 Å². The summed E-state index contributed by atoms with van der Waals surface area (Å²) < 4.78 is 0. The molecule has 8 nitrogen and oxygen atoms in total. The van der Waals surface area contributed by atoms with Gasteiger partial charge in [0.05, 0.1) is 22.8 Å². The zero-order chi connectivity index (χ0) is 20.6. The Bertz CT molecular complexity index is 1440. The molecule has 2 aromatic heterocycles. The van der Waals surface area contributed by atoms with Gasteiger partial charge in [-0.1, -0.05) is 24.3 Å². The number of nitrogens with zero attached hydrogens (tertiary/aromatic N) is 8. The van der Waals surface area contributed by atoms with Crippen LogP contribution in [-0.4, -0.2) is 19.9 Å². The summed E-state index contributed by atoms with van der Waals surface area (Å²) in [4.78, 5) is 17.6. The van der Waals surface area contributed by atoms with Gasteiger partial charge in [-0.15, -0.1) is 0 Å². The summed E-state index contributed by atoms with van der Waals surface area (Å²) in [6.07, 6.45) is 0. The first-order valence-electron chi connectivity index (χ1n) is 8.75. The SMILES string of the molecule is N#Cc1nc2c(nc1C#N)-c1ccc3c4c(ccc-2c14)-c1nc(C#N)c(C#N)nc1-3. The molecule has 132 valence electrons. The van der Waals surface area contributed by atoms with Crippen molar-refractivity contribution >= 4 is 10.8 Å². The Kier molecular flexibility index (Phi) is 2.75. The molecule has 0 saturated heterocycles. The van der Waals surface area contributed by atoms with E-state index in [4.69, 9.17) is 0 Å². The highest BCUT2D eigenvalue weighted by Gasteiger charge is 2.33. The highest BCUT2D eigenvalue weighted by atomic mass is 14.9. The lowest BCUT2D eigenvalue weighted by atomic mass is 9.99. The third-order valence-electron chi connectivity index (χ3n) is 5.40. The maximum atomic E-state index is 9.33. The fourth-order valence-corrected chi connectivity index (χ4v) is 4.22. The van der Waals surface area contributed by atoms with Crippen molar-refractivity contribution < 1.29 is 0 Å². The van der Waals surface area contributed by atoms with Gasteiger partial charge in [0.1, 0.15) is 24.3 Å². The van der Waals surface area contributed by atoms with Gasteiger partial charge in [-0.3, -0.25) is 0 Å². The first kappa shape index (κ1) is 15.8. The normalized spacial score (nSPS) is 11.2. The van der Waals surface area contributed by atoms with Crippen molar-refractivity contribution in [1.82, 2.24) is 19.9 Å². The maximum Gasteiger partial charge on any atom is 0.177 e. The molecule has 0 N–H and O–H groups in total. The van der Waals surface area contributed by atoms with Crippen molar-refractivity contribution in [3.63, 3.8) is 0 Å². The number of aromatic nitrogens is 4. The second kappa shape index (κ2) is 5.20. The van der Waals surface area contributed by atoms with Crippen LogP contribution in [0.3, 0.4) is 0 Å². The Labute approximate surface area is 168 Å². The molecule has 2 aliphatic carbocycles. The summed E-state index contributed by atoms with van der Waals surface area (Å²) in [6.45, 7) is 0. The van der Waals surface area contributed by atoms with Crippen molar-refractivity contribution in [2.45, 2.75) is 0 Å². The average Bonchev–Trinajstić information content (AvgIpc) is 3.28. The van der Waals surface area contributed by atoms with Gasteiger partial charge in [0, 0.05) is 33.0 Å². The van der Waals surface area contributed by atoms with Crippen LogP contribution in [0, 0.1) is 45.3 Å². The fourth-order valence-electron chi connectivity index (χ4n) is 4.22. The third-order valence-corrected chi connectivity index (χ3v) is 5.40. The summed E-state index contributed by atoms with van der Waals surface area (Å²) in [7, 11) is 0. The minimum atomic E-state index is -0.0136. The van der Waals surface area contributed by atoms with E-state index in [0.29, 0.717) is 22.8 Å². The van der Waals surface area contributed by atoms with E-state index < -0.39 is 0 Å². The number of nitriles is 4. The standard InChI is InChI=1S/C22H4N8/c23-5-13-14(6-24)29-21-11-3-4-12-18-10(2-1-9(17(11)18)19(21)27-13)20-22(12)30-16(8-26)15(7-25)28-20/h1-4H. The number of benzene rings is 2. The molecule has 4 aromatic rings. The number of rotatable bonds is 0. The Morgan fingerprint density at radius 3 is 0.867 bits per heavy atom. The number of fused-ring (bicyclic) bond motifs is 6. The van der Waals surface area contributed by atoms with E-state index in [-0.39, 0.29) is 22.8 Å². The molecule has 0 radical (unpaired) electrons. The predicted octanol–water partition coefficient (Wildman–Crippen LogP) is 3.20. The van der Waals surface area contributed by atoms with Crippen LogP contribution >= 0.6 is 0 Å². The summed E-state index contributed by atoms with van der Waals surface area (Å²) in [5, 5.41) is 39.1. The van der Waals surface area contributed by atoms with Crippen LogP contribution in [0.25, 0.3) is 55.8 Å². The van der Waals surface area contributed by atoms with E-state index in [1.54, 1.807) is 0 Å². The minimum Gasteiger partial charge on any atom is -0.232 e. The topological polar surface area (TPSA) is 147 Å². The Balaban J connectivity index is 1.74. The van der Waals surface area contributed by atoms with Crippen LogP contribution in [0.15, 0.2) is 24.3 Å². The first-order valence-corrected chi connectivity index (χ1v) is 8.75. The van der Waals surface area contributed by atoms with Crippen molar-refractivity contribution in [2.24, 2.45) is 0 Å². The van der Waals surface area contributed by atoms with Crippen LogP contribution < -0.4 is 0 Å². The summed E-state index contributed by atoms with van der Waals surface area (Å²) in [5.74, 6) is 0. The molecule has 0 bridgehead atoms. The van der Waals surface area contributed by atoms with Crippen molar-refractivity contribution in [2.75, 3.05) is 0 Å². The second-order valence-corrected chi connectivity index (χ2v) is 6.75. The molecule has 8 heteroatoms. The van der Waals surface area contributed by atoms with Gasteiger partial charge in [0.25, 0.3) is 0 Å². The third kappa shape index (κ3) is 1.66. The number of hydrogen-bond donors (Lipinski definition) is 0. The molecule has 0 unspecified atom stereocenters. The average molecular weight is 380 g/mol. The molecule has 0 spiro atoms. The molecule has 0 atom stereocenters. The van der Waals surface area contributed by atoms with Gasteiger partial charge in [0.15, 0.2) is 22.8 Å². The highest BCUT2D eigenvalue weighted by molar-refractivity contribution is 6.24. The van der Waals surface area contributed by atoms with Gasteiger partial charge in [0.2, 0.25) is 0 Å². The van der Waals surface area contributed by atoms with E-state index in [0.717, 1.165) is 33.0 Å². The molecule has 0 fully saturated rings. The van der Waals surface area contributed by atoms with E-state index in [9.17, 15) is 21.0 Å². The van der Waals surface area contributed by atoms with Gasteiger partial charge < -0.3 is 0 Å². The quantitative estimate of drug-likeness (QED) is 0.390. The van der Waals surface area contributed by atoms with Crippen LogP contribution in [0.2, 0.25) is 0 Å². The molecule has 2 aromatic carbocycles. The van der Waals surface area contributed by atoms with Crippen LogP contribution in [0.4, 0.5) is 0 Å². The van der Waals surface area contributed by atoms with Crippen LogP contribution in [-0.2, 0) is 0 Å². The Morgan fingerprint density at radius 1 is 0.433 bits per heavy atom. The molecule has 0 aliphatic heterocycles. The maximum absolute atomic E-state index is 9.33. The summed E-state index contributed by atoms with van der Waals surface area (Å²) >= 11 is 0. The first-order chi connectivity index (χ1) is 14.7. The molecule has 2 heterocycles. The van der Waals surface area contributed by atoms with Crippen LogP contribution in [0.5, 0.6) is 0 Å². The lowest BCUT2D eigenvalue weighted by molar-refractivity contribution is 1.15. The molecular weight excluding hydrogens is 376 g/mol. The molecule has 6 rings (SSSR count). The molecule has 30 heavy (non-hydrogen) atoms. The molecule has 0 saturated carbocycles. The smallest absolute Gasteiger partial charge is 0.177 e. The second-order valence-electron chi connectivity index (χ2n) is 6.75. The van der Waals surface area contributed by atoms with Gasteiger partial charge in [-0.25, -0.2) is 19.9 Å². The lowest BCUT2D eigenvalue weighted by Gasteiger charge is -2.04. The fraction of sp³-hybridized carbons (Fsp3) is 0. The monoisotopic (exact) mass is 380 g/mol. The van der Waals surface area contributed by atoms with Crippen molar-refractivity contribution in [1.29, 1.82) is 21.0 Å². The lowest BCUT2D eigenvalue weighted by Crippen LogP contribution is -1.98. The van der Waals surface area contributed by atoms with E-state index in [1.807, 2.05) is 48.5 Å². The Morgan fingerprint density at radius 2 is 0.667 bits per heavy atom. The van der Waals surface area contributed by atoms with E-state index in [2.05, 4.69) is 19.9 Å². The van der Waals surface area contributed by atoms with Crippen molar-refractivity contribution in [3.8, 4) is 69.3 Å². The predicted molar refractivity (Wildman–Crippen MR) is 103 cm³/mol. The van der Waals surface area contributed by atoms with E-state index in [1.165, 1.54) is 0 Å². The molecule has 2 aliphatic rings. The van der Waals surface area contributed by atoms with Crippen molar-refractivity contribution in [3.05, 3.63) is 47.0 Å². The van der Waals surface area contributed by atoms with E-state index >= 15 is 0 Å². The largest absolute Gasteiger partial charge is 0.232 e. The van der Waals surface area contributed by atoms with Gasteiger partial charge >= 0.3 is 0 Å². The zero-order valence-electron chi connectivity index (χ0n) is 14.9. The molecule has 0 amide bonds. The minimum absolute atomic E-state index is 0.0136. The highest BCUT2D eigenvalue weighted by Crippen LogP contribution is 2.54. The van der Waals surface area contributed by atoms with Crippen LogP contribution in [0.1, 0.15) is 22.8 Å². The van der Waals surface area contributed by atoms with Gasteiger partial charge in [-0.05, 0) is 0 Å². The zero-order valence-corrected chi connectivity index (χ0v) is 14.9. The molecular formula is C22H4N8.